The molecule has 3 nitrogen and oxygen atoms in total. The van der Waals surface area contributed by atoms with Crippen LogP contribution in [0.4, 0.5) is 0 Å². The Morgan fingerprint density at radius 3 is 2.67 bits per heavy atom. The fourth-order valence-electron chi connectivity index (χ4n) is 1.07. The predicted molar refractivity (Wildman–Crippen MR) is 57.7 cm³/mol. The molecular formula is C12H14O3. The van der Waals surface area contributed by atoms with Crippen LogP contribution < -0.4 is 4.74 Å². The van der Waals surface area contributed by atoms with Crippen molar-refractivity contribution in [3.63, 3.8) is 0 Å². The van der Waals surface area contributed by atoms with Gasteiger partial charge < -0.3 is 9.47 Å². The highest BCUT2D eigenvalue weighted by molar-refractivity contribution is 5.79. The topological polar surface area (TPSA) is 35.5 Å². The van der Waals surface area contributed by atoms with Crippen LogP contribution in [0.15, 0.2) is 43.0 Å². The van der Waals surface area contributed by atoms with Gasteiger partial charge in [0.05, 0.1) is 0 Å². The van der Waals surface area contributed by atoms with E-state index in [4.69, 9.17) is 9.47 Å². The summed E-state index contributed by atoms with van der Waals surface area (Å²) in [6.45, 7) is 5.77. The van der Waals surface area contributed by atoms with Crippen molar-refractivity contribution in [1.82, 2.24) is 0 Å². The van der Waals surface area contributed by atoms with E-state index >= 15 is 0 Å². The van der Waals surface area contributed by atoms with Gasteiger partial charge in [-0.1, -0.05) is 30.9 Å². The first-order valence-electron chi connectivity index (χ1n) is 4.78. The summed E-state index contributed by atoms with van der Waals surface area (Å²) in [5, 5.41) is 0. The molecule has 1 aromatic rings. The minimum atomic E-state index is -0.699. The number of rotatable bonds is 5. The average Bonchev–Trinajstić information content (AvgIpc) is 2.27. The number of carbonyl (C=O) groups is 1. The van der Waals surface area contributed by atoms with Crippen LogP contribution in [0.25, 0.3) is 0 Å². The number of carbonyl (C=O) groups excluding carboxylic acids is 1. The molecule has 0 aliphatic rings. The van der Waals surface area contributed by atoms with Crippen molar-refractivity contribution < 1.29 is 14.3 Å². The van der Waals surface area contributed by atoms with Crippen molar-refractivity contribution in [2.24, 2.45) is 0 Å². The first-order chi connectivity index (χ1) is 7.27. The monoisotopic (exact) mass is 206 g/mol. The number of benzene rings is 1. The van der Waals surface area contributed by atoms with E-state index in [9.17, 15) is 4.79 Å². The summed E-state index contributed by atoms with van der Waals surface area (Å²) in [5.41, 5.74) is 0. The van der Waals surface area contributed by atoms with E-state index in [1.54, 1.807) is 24.3 Å². The van der Waals surface area contributed by atoms with Gasteiger partial charge in [-0.2, -0.15) is 0 Å². The van der Waals surface area contributed by atoms with Gasteiger partial charge in [-0.15, -0.1) is 0 Å². The first-order valence-corrected chi connectivity index (χ1v) is 4.78. The lowest BCUT2D eigenvalue weighted by atomic mass is 10.3. The second kappa shape index (κ2) is 5.98. The third-order valence-electron chi connectivity index (χ3n) is 1.75. The lowest BCUT2D eigenvalue weighted by Crippen LogP contribution is -2.26. The molecule has 0 saturated carbocycles. The zero-order valence-electron chi connectivity index (χ0n) is 8.68. The third kappa shape index (κ3) is 3.56. The van der Waals surface area contributed by atoms with Crippen molar-refractivity contribution >= 4 is 5.97 Å². The Kier molecular flexibility index (Phi) is 4.57. The molecule has 0 aliphatic carbocycles. The van der Waals surface area contributed by atoms with Crippen LogP contribution in [0.5, 0.6) is 5.75 Å². The molecule has 0 heterocycles. The molecule has 0 aliphatic heterocycles. The van der Waals surface area contributed by atoms with Crippen molar-refractivity contribution in [2.45, 2.75) is 13.0 Å². The van der Waals surface area contributed by atoms with Gasteiger partial charge in [-0.25, -0.2) is 4.79 Å². The minimum absolute atomic E-state index is 0.445. The third-order valence-corrected chi connectivity index (χ3v) is 1.75. The number of hydrogen-bond donors (Lipinski definition) is 0. The Morgan fingerprint density at radius 2 is 2.13 bits per heavy atom. The van der Waals surface area contributed by atoms with Crippen molar-refractivity contribution in [1.29, 1.82) is 0 Å². The Bertz CT molecular complexity index is 319. The molecule has 0 fully saturated rings. The minimum Gasteiger partial charge on any atom is -0.424 e. The SMILES string of the molecule is C=CC(OCC)C(=O)Oc1ccccc1. The van der Waals surface area contributed by atoms with E-state index in [2.05, 4.69) is 6.58 Å². The lowest BCUT2D eigenvalue weighted by Gasteiger charge is -2.11. The molecule has 1 unspecified atom stereocenters. The molecule has 1 rings (SSSR count). The summed E-state index contributed by atoms with van der Waals surface area (Å²) in [7, 11) is 0. The number of hydrogen-bond acceptors (Lipinski definition) is 3. The normalized spacial score (nSPS) is 11.8. The van der Waals surface area contributed by atoms with Gasteiger partial charge in [0.25, 0.3) is 0 Å². The Morgan fingerprint density at radius 1 is 1.47 bits per heavy atom. The Balaban J connectivity index is 2.58. The standard InChI is InChI=1S/C12H14O3/c1-3-11(14-4-2)12(13)15-10-8-6-5-7-9-10/h3,5-9,11H,1,4H2,2H3. The van der Waals surface area contributed by atoms with E-state index in [-0.39, 0.29) is 0 Å². The zero-order valence-corrected chi connectivity index (χ0v) is 8.68. The summed E-state index contributed by atoms with van der Waals surface area (Å²) in [4.78, 5) is 11.5. The second-order valence-electron chi connectivity index (χ2n) is 2.85. The predicted octanol–water partition coefficient (Wildman–Crippen LogP) is 2.18. The Labute approximate surface area is 89.3 Å². The molecule has 0 amide bonds. The number of ether oxygens (including phenoxy) is 2. The van der Waals surface area contributed by atoms with E-state index in [0.29, 0.717) is 12.4 Å². The maximum atomic E-state index is 11.5. The van der Waals surface area contributed by atoms with Gasteiger partial charge in [0.1, 0.15) is 5.75 Å². The molecule has 0 spiro atoms. The zero-order chi connectivity index (χ0) is 11.1. The van der Waals surface area contributed by atoms with Crippen molar-refractivity contribution in [3.05, 3.63) is 43.0 Å². The highest BCUT2D eigenvalue weighted by Gasteiger charge is 2.16. The van der Waals surface area contributed by atoms with E-state index in [1.807, 2.05) is 13.0 Å². The molecule has 1 aromatic carbocycles. The van der Waals surface area contributed by atoms with Crippen LogP contribution in [-0.2, 0) is 9.53 Å². The van der Waals surface area contributed by atoms with Gasteiger partial charge in [0, 0.05) is 6.61 Å². The van der Waals surface area contributed by atoms with Gasteiger partial charge in [0.15, 0.2) is 6.10 Å². The van der Waals surface area contributed by atoms with Crippen LogP contribution >= 0.6 is 0 Å². The van der Waals surface area contributed by atoms with E-state index in [1.165, 1.54) is 6.08 Å². The number of esters is 1. The molecule has 0 radical (unpaired) electrons. The maximum absolute atomic E-state index is 11.5. The van der Waals surface area contributed by atoms with Crippen LogP contribution in [0.3, 0.4) is 0 Å². The smallest absolute Gasteiger partial charge is 0.344 e. The lowest BCUT2D eigenvalue weighted by molar-refractivity contribution is -0.143. The van der Waals surface area contributed by atoms with E-state index < -0.39 is 12.1 Å². The molecule has 3 heteroatoms. The summed E-state index contributed by atoms with van der Waals surface area (Å²) >= 11 is 0. The average molecular weight is 206 g/mol. The summed E-state index contributed by atoms with van der Waals surface area (Å²) < 4.78 is 10.2. The highest BCUT2D eigenvalue weighted by Crippen LogP contribution is 2.10. The van der Waals surface area contributed by atoms with Gasteiger partial charge in [0.2, 0.25) is 0 Å². The van der Waals surface area contributed by atoms with Crippen molar-refractivity contribution in [3.8, 4) is 5.75 Å². The fraction of sp³-hybridized carbons (Fsp3) is 0.250. The summed E-state index contributed by atoms with van der Waals surface area (Å²) in [5.74, 6) is 0.0621. The van der Waals surface area contributed by atoms with Crippen molar-refractivity contribution in [2.75, 3.05) is 6.61 Å². The van der Waals surface area contributed by atoms with Gasteiger partial charge in [-0.3, -0.25) is 0 Å². The molecule has 1 atom stereocenters. The number of para-hydroxylation sites is 1. The molecular weight excluding hydrogens is 192 g/mol. The first kappa shape index (κ1) is 11.5. The molecule has 0 aromatic heterocycles. The van der Waals surface area contributed by atoms with Crippen LogP contribution in [0, 0.1) is 0 Å². The summed E-state index contributed by atoms with van der Waals surface area (Å²) in [6, 6.07) is 8.87. The van der Waals surface area contributed by atoms with Gasteiger partial charge >= 0.3 is 5.97 Å². The fourth-order valence-corrected chi connectivity index (χ4v) is 1.07. The quantitative estimate of drug-likeness (QED) is 0.421. The molecule has 0 saturated heterocycles. The Hall–Kier alpha value is -1.61. The second-order valence-corrected chi connectivity index (χ2v) is 2.85. The van der Waals surface area contributed by atoms with Gasteiger partial charge in [-0.05, 0) is 19.1 Å². The van der Waals surface area contributed by atoms with E-state index in [0.717, 1.165) is 0 Å². The molecule has 0 N–H and O–H groups in total. The largest absolute Gasteiger partial charge is 0.424 e. The van der Waals surface area contributed by atoms with Crippen LogP contribution in [0.2, 0.25) is 0 Å². The van der Waals surface area contributed by atoms with Crippen LogP contribution in [-0.4, -0.2) is 18.7 Å². The maximum Gasteiger partial charge on any atom is 0.344 e. The summed E-state index contributed by atoms with van der Waals surface area (Å²) in [6.07, 6.45) is 0.726. The molecule has 80 valence electrons. The van der Waals surface area contributed by atoms with Crippen LogP contribution in [0.1, 0.15) is 6.92 Å². The highest BCUT2D eigenvalue weighted by atomic mass is 16.6. The molecule has 15 heavy (non-hydrogen) atoms. The molecule has 0 bridgehead atoms.